The van der Waals surface area contributed by atoms with E-state index in [-0.39, 0.29) is 0 Å². The van der Waals surface area contributed by atoms with Crippen molar-refractivity contribution >= 4 is 35.0 Å². The van der Waals surface area contributed by atoms with E-state index >= 15 is 0 Å². The fraction of sp³-hybridized carbons (Fsp3) is 0.0833. The van der Waals surface area contributed by atoms with Gasteiger partial charge in [-0.15, -0.1) is 0 Å². The minimum Gasteiger partial charge on any atom is -0.326 e. The Morgan fingerprint density at radius 2 is 1.82 bits per heavy atom. The molecule has 2 nitrogen and oxygen atoms in total. The molecule has 0 aliphatic carbocycles. The quantitative estimate of drug-likeness (QED) is 0.926. The maximum absolute atomic E-state index is 6.20. The summed E-state index contributed by atoms with van der Waals surface area (Å²) in [6, 6.07) is 9.36. The van der Waals surface area contributed by atoms with E-state index in [4.69, 9.17) is 28.9 Å². The lowest BCUT2D eigenvalue weighted by Gasteiger charge is -2.06. The highest BCUT2D eigenvalue weighted by atomic mass is 35.5. The van der Waals surface area contributed by atoms with E-state index in [1.807, 2.05) is 30.3 Å². The van der Waals surface area contributed by atoms with Crippen molar-refractivity contribution in [3.63, 3.8) is 0 Å². The van der Waals surface area contributed by atoms with Gasteiger partial charge in [0.1, 0.15) is 5.03 Å². The Labute approximate surface area is 114 Å². The Hall–Kier alpha value is -0.740. The van der Waals surface area contributed by atoms with Gasteiger partial charge in [-0.3, -0.25) is 0 Å². The number of rotatable bonds is 3. The van der Waals surface area contributed by atoms with Crippen LogP contribution in [-0.2, 0) is 6.54 Å². The molecule has 2 rings (SSSR count). The molecule has 0 unspecified atom stereocenters. The molecule has 0 atom stereocenters. The summed E-state index contributed by atoms with van der Waals surface area (Å²) in [4.78, 5) is 5.29. The molecule has 0 saturated carbocycles. The monoisotopic (exact) mass is 284 g/mol. The highest BCUT2D eigenvalue weighted by Crippen LogP contribution is 2.33. The first-order chi connectivity index (χ1) is 8.20. The molecule has 17 heavy (non-hydrogen) atoms. The third kappa shape index (κ3) is 3.13. The Balaban J connectivity index is 2.27. The highest BCUT2D eigenvalue weighted by Gasteiger charge is 2.08. The molecule has 2 N–H and O–H groups in total. The third-order valence-corrected chi connectivity index (χ3v) is 3.98. The minimum atomic E-state index is 0.412. The number of pyridine rings is 1. The second kappa shape index (κ2) is 5.74. The van der Waals surface area contributed by atoms with Crippen LogP contribution < -0.4 is 5.73 Å². The summed E-state index contributed by atoms with van der Waals surface area (Å²) in [5.41, 5.74) is 6.49. The van der Waals surface area contributed by atoms with Crippen LogP contribution in [0.2, 0.25) is 10.0 Å². The molecule has 1 aromatic heterocycles. The van der Waals surface area contributed by atoms with Gasteiger partial charge in [0, 0.05) is 22.7 Å². The van der Waals surface area contributed by atoms with Crippen molar-refractivity contribution in [2.75, 3.05) is 0 Å². The van der Waals surface area contributed by atoms with Gasteiger partial charge in [0.2, 0.25) is 0 Å². The summed E-state index contributed by atoms with van der Waals surface area (Å²) < 4.78 is 0. The third-order valence-electron chi connectivity index (χ3n) is 2.19. The second-order valence-electron chi connectivity index (χ2n) is 3.35. The van der Waals surface area contributed by atoms with Crippen LogP contribution in [0.3, 0.4) is 0 Å². The Morgan fingerprint density at radius 1 is 1.12 bits per heavy atom. The number of hydrogen-bond donors (Lipinski definition) is 1. The Morgan fingerprint density at radius 3 is 2.47 bits per heavy atom. The Bertz CT molecular complexity index is 514. The topological polar surface area (TPSA) is 38.9 Å². The van der Waals surface area contributed by atoms with E-state index in [0.29, 0.717) is 16.6 Å². The molecule has 0 spiro atoms. The molecule has 0 aliphatic heterocycles. The number of nitrogens with zero attached hydrogens (tertiary/aromatic N) is 1. The van der Waals surface area contributed by atoms with Gasteiger partial charge in [-0.05, 0) is 35.9 Å². The van der Waals surface area contributed by atoms with Crippen molar-refractivity contribution in [1.29, 1.82) is 0 Å². The zero-order valence-electron chi connectivity index (χ0n) is 8.86. The summed E-state index contributed by atoms with van der Waals surface area (Å²) in [5, 5.41) is 2.09. The molecule has 2 aromatic rings. The van der Waals surface area contributed by atoms with Crippen LogP contribution in [0.4, 0.5) is 0 Å². The first-order valence-corrected chi connectivity index (χ1v) is 6.55. The number of nitrogens with two attached hydrogens (primary N) is 1. The molecule has 0 radical (unpaired) electrons. The fourth-order valence-electron chi connectivity index (χ4n) is 1.31. The summed E-state index contributed by atoms with van der Waals surface area (Å²) in [6.07, 6.45) is 1.71. The summed E-state index contributed by atoms with van der Waals surface area (Å²) >= 11 is 13.5. The van der Waals surface area contributed by atoms with Gasteiger partial charge < -0.3 is 5.73 Å². The highest BCUT2D eigenvalue weighted by molar-refractivity contribution is 7.99. The number of benzene rings is 1. The molecular weight excluding hydrogens is 275 g/mol. The molecule has 0 saturated heterocycles. The summed E-state index contributed by atoms with van der Waals surface area (Å²) in [6.45, 7) is 0.412. The van der Waals surface area contributed by atoms with Gasteiger partial charge in [0.15, 0.2) is 0 Å². The van der Waals surface area contributed by atoms with Crippen molar-refractivity contribution in [3.05, 3.63) is 52.1 Å². The average Bonchev–Trinajstić information content (AvgIpc) is 2.35. The minimum absolute atomic E-state index is 0.412. The van der Waals surface area contributed by atoms with Gasteiger partial charge in [0.25, 0.3) is 0 Å². The van der Waals surface area contributed by atoms with E-state index in [1.54, 1.807) is 6.20 Å². The maximum atomic E-state index is 6.20. The van der Waals surface area contributed by atoms with Crippen molar-refractivity contribution in [2.24, 2.45) is 5.73 Å². The predicted octanol–water partition coefficient (Wildman–Crippen LogP) is 4.00. The van der Waals surface area contributed by atoms with Gasteiger partial charge in [-0.1, -0.05) is 35.0 Å². The zero-order valence-corrected chi connectivity index (χ0v) is 11.2. The average molecular weight is 285 g/mol. The fourth-order valence-corrected chi connectivity index (χ4v) is 2.57. The SMILES string of the molecule is NCc1ccnc(Sc2ccc(Cl)cc2)c1Cl. The second-order valence-corrected chi connectivity index (χ2v) is 5.23. The number of hydrogen-bond acceptors (Lipinski definition) is 3. The van der Waals surface area contributed by atoms with Crippen molar-refractivity contribution in [2.45, 2.75) is 16.5 Å². The van der Waals surface area contributed by atoms with Crippen LogP contribution >= 0.6 is 35.0 Å². The van der Waals surface area contributed by atoms with Crippen LogP contribution in [0.1, 0.15) is 5.56 Å². The molecule has 1 aromatic carbocycles. The van der Waals surface area contributed by atoms with Gasteiger partial charge in [-0.25, -0.2) is 4.98 Å². The molecule has 5 heteroatoms. The largest absolute Gasteiger partial charge is 0.326 e. The van der Waals surface area contributed by atoms with E-state index in [1.165, 1.54) is 11.8 Å². The van der Waals surface area contributed by atoms with E-state index in [2.05, 4.69) is 4.98 Å². The van der Waals surface area contributed by atoms with Crippen LogP contribution in [0.5, 0.6) is 0 Å². The molecular formula is C12H10Cl2N2S. The normalized spacial score (nSPS) is 10.5. The molecule has 0 amide bonds. The predicted molar refractivity (Wildman–Crippen MR) is 72.7 cm³/mol. The summed E-state index contributed by atoms with van der Waals surface area (Å²) in [5.74, 6) is 0. The van der Waals surface area contributed by atoms with E-state index < -0.39 is 0 Å². The molecule has 0 fully saturated rings. The molecule has 0 aliphatic rings. The van der Waals surface area contributed by atoms with Crippen LogP contribution in [-0.4, -0.2) is 4.98 Å². The van der Waals surface area contributed by atoms with E-state index in [0.717, 1.165) is 15.5 Å². The molecule has 0 bridgehead atoms. The lowest BCUT2D eigenvalue weighted by molar-refractivity contribution is 1.02. The first-order valence-electron chi connectivity index (χ1n) is 4.97. The summed E-state index contributed by atoms with van der Waals surface area (Å²) in [7, 11) is 0. The number of halogens is 2. The lowest BCUT2D eigenvalue weighted by Crippen LogP contribution is -1.98. The lowest BCUT2D eigenvalue weighted by atomic mass is 10.3. The van der Waals surface area contributed by atoms with Crippen molar-refractivity contribution in [3.8, 4) is 0 Å². The standard InChI is InChI=1S/C12H10Cl2N2S/c13-9-1-3-10(4-2-9)17-12-11(14)8(7-15)5-6-16-12/h1-6H,7,15H2. The zero-order chi connectivity index (χ0) is 12.3. The van der Waals surface area contributed by atoms with Crippen molar-refractivity contribution in [1.82, 2.24) is 4.98 Å². The first kappa shape index (κ1) is 12.7. The molecule has 1 heterocycles. The van der Waals surface area contributed by atoms with Gasteiger partial charge in [0.05, 0.1) is 5.02 Å². The van der Waals surface area contributed by atoms with Gasteiger partial charge in [-0.2, -0.15) is 0 Å². The number of aromatic nitrogens is 1. The maximum Gasteiger partial charge on any atom is 0.120 e. The van der Waals surface area contributed by atoms with Crippen molar-refractivity contribution < 1.29 is 0 Å². The smallest absolute Gasteiger partial charge is 0.120 e. The van der Waals surface area contributed by atoms with Gasteiger partial charge >= 0.3 is 0 Å². The van der Waals surface area contributed by atoms with Crippen LogP contribution in [0.15, 0.2) is 46.5 Å². The van der Waals surface area contributed by atoms with E-state index in [9.17, 15) is 0 Å². The molecule has 88 valence electrons. The van der Waals surface area contributed by atoms with Crippen LogP contribution in [0, 0.1) is 0 Å². The van der Waals surface area contributed by atoms with Crippen LogP contribution in [0.25, 0.3) is 0 Å². The Kier molecular flexibility index (Phi) is 4.29.